The molecule has 2 saturated heterocycles. The second-order valence-electron chi connectivity index (χ2n) is 7.21. The van der Waals surface area contributed by atoms with E-state index in [0.29, 0.717) is 0 Å². The van der Waals surface area contributed by atoms with Crippen LogP contribution in [0.3, 0.4) is 0 Å². The lowest BCUT2D eigenvalue weighted by molar-refractivity contribution is -0.135. The highest BCUT2D eigenvalue weighted by atomic mass is 16.5. The zero-order chi connectivity index (χ0) is 17.8. The first kappa shape index (κ1) is 18.4. The average Bonchev–Trinajstić information content (AvgIpc) is 3.15. The molecule has 1 aromatic heterocycles. The molecule has 0 bridgehead atoms. The second kappa shape index (κ2) is 8.29. The summed E-state index contributed by atoms with van der Waals surface area (Å²) >= 11 is 0. The van der Waals surface area contributed by atoms with E-state index >= 15 is 0 Å². The van der Waals surface area contributed by atoms with E-state index in [1.54, 1.807) is 7.11 Å². The van der Waals surface area contributed by atoms with E-state index in [1.807, 2.05) is 17.9 Å². The number of aryl methyl sites for hydroxylation is 1. The van der Waals surface area contributed by atoms with E-state index in [2.05, 4.69) is 32.9 Å². The summed E-state index contributed by atoms with van der Waals surface area (Å²) in [4.78, 5) is 19.5. The van der Waals surface area contributed by atoms with Crippen LogP contribution in [0, 0.1) is 0 Å². The van der Waals surface area contributed by atoms with Gasteiger partial charge in [0, 0.05) is 64.7 Å². The van der Waals surface area contributed by atoms with Crippen molar-refractivity contribution in [3.05, 3.63) is 18.0 Å². The summed E-state index contributed by atoms with van der Waals surface area (Å²) in [5.74, 6) is 0.266. The third-order valence-electron chi connectivity index (χ3n) is 5.45. The first-order valence-corrected chi connectivity index (χ1v) is 9.36. The molecule has 140 valence electrons. The van der Waals surface area contributed by atoms with Crippen molar-refractivity contribution in [3.63, 3.8) is 0 Å². The SMILES string of the molecule is CCn1cc(CN2CCCN(C(=O)[C@@H]3C[C@H](OC)CN3C)CC2)cn1. The predicted molar refractivity (Wildman–Crippen MR) is 96.2 cm³/mol. The van der Waals surface area contributed by atoms with Gasteiger partial charge in [0.05, 0.1) is 18.3 Å². The molecular formula is C18H31N5O2. The Balaban J connectivity index is 1.53. The van der Waals surface area contributed by atoms with E-state index in [4.69, 9.17) is 4.74 Å². The maximum Gasteiger partial charge on any atom is 0.240 e. The van der Waals surface area contributed by atoms with E-state index in [0.717, 1.165) is 58.7 Å². The summed E-state index contributed by atoms with van der Waals surface area (Å²) in [6, 6.07) is -0.0284. The monoisotopic (exact) mass is 349 g/mol. The van der Waals surface area contributed by atoms with E-state index < -0.39 is 0 Å². The Bertz CT molecular complexity index is 576. The predicted octanol–water partition coefficient (Wildman–Crippen LogP) is 0.656. The van der Waals surface area contributed by atoms with Gasteiger partial charge in [-0.25, -0.2) is 0 Å². The largest absolute Gasteiger partial charge is 0.380 e. The van der Waals surface area contributed by atoms with Gasteiger partial charge in [-0.3, -0.25) is 19.3 Å². The highest BCUT2D eigenvalue weighted by Gasteiger charge is 2.37. The fourth-order valence-electron chi connectivity index (χ4n) is 3.89. The minimum Gasteiger partial charge on any atom is -0.380 e. The third kappa shape index (κ3) is 4.40. The number of amides is 1. The van der Waals surface area contributed by atoms with Crippen LogP contribution in [0.25, 0.3) is 0 Å². The van der Waals surface area contributed by atoms with Crippen molar-refractivity contribution >= 4 is 5.91 Å². The normalized spacial score (nSPS) is 26.1. The summed E-state index contributed by atoms with van der Waals surface area (Å²) in [5, 5.41) is 4.35. The van der Waals surface area contributed by atoms with E-state index in [9.17, 15) is 4.79 Å². The van der Waals surface area contributed by atoms with Crippen LogP contribution < -0.4 is 0 Å². The highest BCUT2D eigenvalue weighted by molar-refractivity contribution is 5.82. The molecule has 0 saturated carbocycles. The van der Waals surface area contributed by atoms with Crippen molar-refractivity contribution in [3.8, 4) is 0 Å². The number of nitrogens with zero attached hydrogens (tertiary/aromatic N) is 5. The Morgan fingerprint density at radius 2 is 2.16 bits per heavy atom. The van der Waals surface area contributed by atoms with Gasteiger partial charge >= 0.3 is 0 Å². The summed E-state index contributed by atoms with van der Waals surface area (Å²) in [5.41, 5.74) is 1.25. The number of carbonyl (C=O) groups excluding carboxylic acids is 1. The van der Waals surface area contributed by atoms with Crippen LogP contribution >= 0.6 is 0 Å². The van der Waals surface area contributed by atoms with Crippen molar-refractivity contribution in [1.29, 1.82) is 0 Å². The Morgan fingerprint density at radius 3 is 2.84 bits per heavy atom. The lowest BCUT2D eigenvalue weighted by Crippen LogP contribution is -2.45. The number of hydrogen-bond donors (Lipinski definition) is 0. The van der Waals surface area contributed by atoms with Gasteiger partial charge in [-0.05, 0) is 26.8 Å². The molecule has 0 aliphatic carbocycles. The van der Waals surface area contributed by atoms with Crippen LogP contribution in [0.2, 0.25) is 0 Å². The Hall–Kier alpha value is -1.44. The van der Waals surface area contributed by atoms with E-state index in [-0.39, 0.29) is 18.1 Å². The molecule has 7 nitrogen and oxygen atoms in total. The fourth-order valence-corrected chi connectivity index (χ4v) is 3.89. The smallest absolute Gasteiger partial charge is 0.240 e. The van der Waals surface area contributed by atoms with Crippen LogP contribution in [-0.2, 0) is 22.6 Å². The van der Waals surface area contributed by atoms with Gasteiger partial charge in [-0.15, -0.1) is 0 Å². The topological polar surface area (TPSA) is 53.8 Å². The van der Waals surface area contributed by atoms with Crippen molar-refractivity contribution in [2.24, 2.45) is 0 Å². The summed E-state index contributed by atoms with van der Waals surface area (Å²) in [6.07, 6.45) is 6.08. The number of hydrogen-bond acceptors (Lipinski definition) is 5. The summed E-state index contributed by atoms with van der Waals surface area (Å²) in [6.45, 7) is 8.37. The van der Waals surface area contributed by atoms with Gasteiger partial charge < -0.3 is 9.64 Å². The van der Waals surface area contributed by atoms with Gasteiger partial charge in [0.1, 0.15) is 0 Å². The minimum atomic E-state index is -0.0284. The zero-order valence-electron chi connectivity index (χ0n) is 15.7. The van der Waals surface area contributed by atoms with Gasteiger partial charge in [-0.2, -0.15) is 5.10 Å². The van der Waals surface area contributed by atoms with Gasteiger partial charge in [0.2, 0.25) is 5.91 Å². The quantitative estimate of drug-likeness (QED) is 0.782. The maximum atomic E-state index is 12.9. The zero-order valence-corrected chi connectivity index (χ0v) is 15.7. The standard InChI is InChI=1S/C18H31N5O2/c1-4-23-13-15(11-19-23)12-21-6-5-7-22(9-8-21)18(24)17-10-16(25-3)14-20(17)2/h11,13,16-17H,4-10,12,14H2,1-3H3/t16-,17-/m0/s1. The van der Waals surface area contributed by atoms with Crippen molar-refractivity contribution in [2.45, 2.75) is 45.0 Å². The molecule has 2 aliphatic heterocycles. The van der Waals surface area contributed by atoms with Gasteiger partial charge in [0.15, 0.2) is 0 Å². The lowest BCUT2D eigenvalue weighted by Gasteiger charge is -2.27. The molecule has 3 heterocycles. The molecule has 7 heteroatoms. The molecule has 25 heavy (non-hydrogen) atoms. The molecule has 1 aromatic rings. The molecule has 0 N–H and O–H groups in total. The van der Waals surface area contributed by atoms with Crippen LogP contribution in [0.5, 0.6) is 0 Å². The van der Waals surface area contributed by atoms with E-state index in [1.165, 1.54) is 5.56 Å². The highest BCUT2D eigenvalue weighted by Crippen LogP contribution is 2.21. The molecule has 1 amide bonds. The number of carbonyl (C=O) groups is 1. The molecule has 2 aliphatic rings. The molecule has 3 rings (SSSR count). The molecule has 0 radical (unpaired) electrons. The summed E-state index contributed by atoms with van der Waals surface area (Å²) in [7, 11) is 3.76. The van der Waals surface area contributed by atoms with Gasteiger partial charge in [0.25, 0.3) is 0 Å². The third-order valence-corrected chi connectivity index (χ3v) is 5.45. The fraction of sp³-hybridized carbons (Fsp3) is 0.778. The number of likely N-dealkylation sites (tertiary alicyclic amines) is 1. The summed E-state index contributed by atoms with van der Waals surface area (Å²) < 4.78 is 7.40. The average molecular weight is 349 g/mol. The van der Waals surface area contributed by atoms with Crippen LogP contribution in [0.1, 0.15) is 25.3 Å². The number of ether oxygens (including phenoxy) is 1. The number of methoxy groups -OCH3 is 1. The van der Waals surface area contributed by atoms with Crippen molar-refractivity contribution < 1.29 is 9.53 Å². The Labute approximate surface area is 150 Å². The maximum absolute atomic E-state index is 12.9. The Kier molecular flexibility index (Phi) is 6.09. The van der Waals surface area contributed by atoms with Crippen LogP contribution in [0.4, 0.5) is 0 Å². The first-order valence-electron chi connectivity index (χ1n) is 9.36. The molecule has 2 atom stereocenters. The minimum absolute atomic E-state index is 0.0284. The molecule has 0 aromatic carbocycles. The van der Waals surface area contributed by atoms with Crippen LogP contribution in [-0.4, -0.2) is 89.4 Å². The van der Waals surface area contributed by atoms with Crippen LogP contribution in [0.15, 0.2) is 12.4 Å². The molecule has 2 fully saturated rings. The van der Waals surface area contributed by atoms with Crippen molar-refractivity contribution in [2.75, 3.05) is 46.9 Å². The molecule has 0 spiro atoms. The lowest BCUT2D eigenvalue weighted by atomic mass is 10.1. The van der Waals surface area contributed by atoms with Gasteiger partial charge in [-0.1, -0.05) is 0 Å². The Morgan fingerprint density at radius 1 is 1.32 bits per heavy atom. The molecule has 0 unspecified atom stereocenters. The first-order chi connectivity index (χ1) is 12.1. The number of likely N-dealkylation sites (N-methyl/N-ethyl adjacent to an activating group) is 1. The van der Waals surface area contributed by atoms with Crippen molar-refractivity contribution in [1.82, 2.24) is 24.5 Å². The number of rotatable bonds is 5. The number of aromatic nitrogens is 2. The second-order valence-corrected chi connectivity index (χ2v) is 7.21. The molecular weight excluding hydrogens is 318 g/mol.